The van der Waals surface area contributed by atoms with Gasteiger partial charge in [-0.2, -0.15) is 11.8 Å². The third-order valence-electron chi connectivity index (χ3n) is 3.19. The Morgan fingerprint density at radius 2 is 2.00 bits per heavy atom. The summed E-state index contributed by atoms with van der Waals surface area (Å²) >= 11 is 1.66. The Bertz CT molecular complexity index is 439. The molecule has 0 radical (unpaired) electrons. The molecule has 0 aromatic heterocycles. The van der Waals surface area contributed by atoms with Gasteiger partial charge in [-0.3, -0.25) is 4.79 Å². The molecule has 0 aliphatic heterocycles. The fourth-order valence-corrected chi connectivity index (χ4v) is 2.72. The van der Waals surface area contributed by atoms with E-state index in [0.717, 1.165) is 28.2 Å². The minimum absolute atomic E-state index is 0.495. The fourth-order valence-electron chi connectivity index (χ4n) is 2.25. The van der Waals surface area contributed by atoms with Crippen LogP contribution in [0.5, 0.6) is 5.75 Å². The molecule has 0 spiro atoms. The van der Waals surface area contributed by atoms with Gasteiger partial charge >= 0.3 is 5.97 Å². The maximum atomic E-state index is 11.2. The number of hydrogen-bond acceptors (Lipinski definition) is 4. The fraction of sp³-hybridized carbons (Fsp3) is 0.533. The van der Waals surface area contributed by atoms with Gasteiger partial charge in [0.1, 0.15) is 11.8 Å². The molecule has 0 saturated carbocycles. The first-order chi connectivity index (χ1) is 9.49. The van der Waals surface area contributed by atoms with Gasteiger partial charge in [-0.15, -0.1) is 0 Å². The number of ether oxygens (including phenoxy) is 1. The molecule has 0 amide bonds. The van der Waals surface area contributed by atoms with Crippen molar-refractivity contribution in [1.29, 1.82) is 0 Å². The zero-order chi connectivity index (χ0) is 15.1. The highest BCUT2D eigenvalue weighted by atomic mass is 32.2. The largest absolute Gasteiger partial charge is 0.496 e. The van der Waals surface area contributed by atoms with Crippen LogP contribution in [0.3, 0.4) is 0 Å². The van der Waals surface area contributed by atoms with Gasteiger partial charge in [-0.25, -0.2) is 0 Å². The smallest absolute Gasteiger partial charge is 0.320 e. The lowest BCUT2D eigenvalue weighted by Gasteiger charge is -2.16. The van der Waals surface area contributed by atoms with Gasteiger partial charge in [0, 0.05) is 6.54 Å². The van der Waals surface area contributed by atoms with Crippen molar-refractivity contribution in [2.45, 2.75) is 32.9 Å². The monoisotopic (exact) mass is 297 g/mol. The molecule has 1 aromatic rings. The second-order valence-corrected chi connectivity index (χ2v) is 5.80. The number of rotatable bonds is 8. The van der Waals surface area contributed by atoms with Crippen molar-refractivity contribution < 1.29 is 14.6 Å². The van der Waals surface area contributed by atoms with Crippen molar-refractivity contribution >= 4 is 17.7 Å². The molecule has 0 heterocycles. The molecule has 0 unspecified atom stereocenters. The number of aryl methyl sites for hydroxylation is 2. The van der Waals surface area contributed by atoms with Crippen LogP contribution < -0.4 is 10.1 Å². The van der Waals surface area contributed by atoms with Crippen LogP contribution >= 0.6 is 11.8 Å². The number of carboxylic acid groups (broad SMARTS) is 1. The van der Waals surface area contributed by atoms with Crippen molar-refractivity contribution in [3.63, 3.8) is 0 Å². The highest BCUT2D eigenvalue weighted by Gasteiger charge is 2.16. The predicted molar refractivity (Wildman–Crippen MR) is 83.7 cm³/mol. The van der Waals surface area contributed by atoms with Gasteiger partial charge in [0.15, 0.2) is 0 Å². The standard InChI is InChI=1S/C15H23NO3S/c1-10-7-12(8-11(2)14(10)19-3)9-16-13(15(17)18)5-6-20-4/h7-8,13,16H,5-6,9H2,1-4H3,(H,17,18)/t13-/m0/s1. The van der Waals surface area contributed by atoms with E-state index < -0.39 is 12.0 Å². The maximum absolute atomic E-state index is 11.2. The number of hydrogen-bond donors (Lipinski definition) is 2. The molecule has 0 aliphatic carbocycles. The lowest BCUT2D eigenvalue weighted by atomic mass is 10.1. The summed E-state index contributed by atoms with van der Waals surface area (Å²) in [6.45, 7) is 4.55. The van der Waals surface area contributed by atoms with E-state index >= 15 is 0 Å². The zero-order valence-corrected chi connectivity index (χ0v) is 13.3. The summed E-state index contributed by atoms with van der Waals surface area (Å²) in [5.74, 6) is 0.942. The van der Waals surface area contributed by atoms with E-state index in [1.165, 1.54) is 0 Å². The van der Waals surface area contributed by atoms with Crippen molar-refractivity contribution in [2.75, 3.05) is 19.1 Å². The zero-order valence-electron chi connectivity index (χ0n) is 12.5. The first-order valence-electron chi connectivity index (χ1n) is 6.58. The minimum Gasteiger partial charge on any atom is -0.496 e. The van der Waals surface area contributed by atoms with Crippen LogP contribution in [0.15, 0.2) is 12.1 Å². The summed E-state index contributed by atoms with van der Waals surface area (Å²) in [7, 11) is 1.66. The number of methoxy groups -OCH3 is 1. The topological polar surface area (TPSA) is 58.6 Å². The summed E-state index contributed by atoms with van der Waals surface area (Å²) in [5.41, 5.74) is 3.22. The molecule has 5 heteroatoms. The highest BCUT2D eigenvalue weighted by molar-refractivity contribution is 7.98. The summed E-state index contributed by atoms with van der Waals surface area (Å²) in [4.78, 5) is 11.2. The molecule has 1 atom stereocenters. The normalized spacial score (nSPS) is 12.2. The Labute approximate surface area is 124 Å². The van der Waals surface area contributed by atoms with Crippen molar-refractivity contribution in [3.8, 4) is 5.75 Å². The third kappa shape index (κ3) is 4.72. The van der Waals surface area contributed by atoms with E-state index in [9.17, 15) is 9.90 Å². The Morgan fingerprint density at radius 1 is 1.40 bits per heavy atom. The first-order valence-corrected chi connectivity index (χ1v) is 7.98. The van der Waals surface area contributed by atoms with Gasteiger partial charge in [-0.05, 0) is 49.0 Å². The van der Waals surface area contributed by atoms with E-state index in [1.54, 1.807) is 18.9 Å². The molecule has 1 rings (SSSR count). The number of benzene rings is 1. The molecule has 0 aliphatic rings. The minimum atomic E-state index is -0.791. The van der Waals surface area contributed by atoms with Crippen LogP contribution in [-0.4, -0.2) is 36.2 Å². The molecule has 20 heavy (non-hydrogen) atoms. The summed E-state index contributed by atoms with van der Waals surface area (Å²) < 4.78 is 5.33. The SMILES string of the molecule is COc1c(C)cc(CN[C@@H](CCSC)C(=O)O)cc1C. The van der Waals surface area contributed by atoms with Gasteiger partial charge < -0.3 is 15.2 Å². The van der Waals surface area contributed by atoms with Gasteiger partial charge in [0.05, 0.1) is 7.11 Å². The quantitative estimate of drug-likeness (QED) is 0.772. The molecule has 112 valence electrons. The van der Waals surface area contributed by atoms with E-state index in [0.29, 0.717) is 13.0 Å². The van der Waals surface area contributed by atoms with E-state index in [-0.39, 0.29) is 0 Å². The summed E-state index contributed by atoms with van der Waals surface area (Å²) in [5, 5.41) is 12.3. The Hall–Kier alpha value is -1.20. The van der Waals surface area contributed by atoms with Crippen LogP contribution in [0.2, 0.25) is 0 Å². The average molecular weight is 297 g/mol. The molecular weight excluding hydrogens is 274 g/mol. The third-order valence-corrected chi connectivity index (χ3v) is 3.83. The van der Waals surface area contributed by atoms with E-state index in [2.05, 4.69) is 5.32 Å². The van der Waals surface area contributed by atoms with Crippen LogP contribution in [0.1, 0.15) is 23.1 Å². The van der Waals surface area contributed by atoms with Gasteiger partial charge in [0.25, 0.3) is 0 Å². The van der Waals surface area contributed by atoms with Crippen LogP contribution in [0, 0.1) is 13.8 Å². The number of aliphatic carboxylic acids is 1. The van der Waals surface area contributed by atoms with E-state index in [4.69, 9.17) is 4.74 Å². The lowest BCUT2D eigenvalue weighted by molar-refractivity contribution is -0.139. The van der Waals surface area contributed by atoms with Crippen molar-refractivity contribution in [2.24, 2.45) is 0 Å². The number of nitrogens with one attached hydrogen (secondary N) is 1. The molecule has 1 aromatic carbocycles. The van der Waals surface area contributed by atoms with Gasteiger partial charge in [-0.1, -0.05) is 12.1 Å². The molecule has 4 nitrogen and oxygen atoms in total. The van der Waals surface area contributed by atoms with Crippen molar-refractivity contribution in [1.82, 2.24) is 5.32 Å². The second-order valence-electron chi connectivity index (χ2n) is 4.82. The number of carbonyl (C=O) groups is 1. The average Bonchev–Trinajstić information content (AvgIpc) is 2.38. The van der Waals surface area contributed by atoms with Crippen molar-refractivity contribution in [3.05, 3.63) is 28.8 Å². The van der Waals surface area contributed by atoms with Gasteiger partial charge in [0.2, 0.25) is 0 Å². The van der Waals surface area contributed by atoms with Crippen LogP contribution in [-0.2, 0) is 11.3 Å². The molecule has 0 saturated heterocycles. The number of thioether (sulfide) groups is 1. The first kappa shape index (κ1) is 16.9. The summed E-state index contributed by atoms with van der Waals surface area (Å²) in [6.07, 6.45) is 2.61. The second kappa shape index (κ2) is 8.17. The molecule has 2 N–H and O–H groups in total. The molecular formula is C15H23NO3S. The summed E-state index contributed by atoms with van der Waals surface area (Å²) in [6, 6.07) is 3.57. The maximum Gasteiger partial charge on any atom is 0.320 e. The Balaban J connectivity index is 2.70. The Morgan fingerprint density at radius 3 is 2.45 bits per heavy atom. The predicted octanol–water partition coefficient (Wildman–Crippen LogP) is 2.61. The number of carboxylic acids is 1. The van der Waals surface area contributed by atoms with Crippen LogP contribution in [0.25, 0.3) is 0 Å². The molecule has 0 bridgehead atoms. The Kier molecular flexibility index (Phi) is 6.88. The lowest BCUT2D eigenvalue weighted by Crippen LogP contribution is -2.36. The van der Waals surface area contributed by atoms with Crippen LogP contribution in [0.4, 0.5) is 0 Å². The highest BCUT2D eigenvalue weighted by Crippen LogP contribution is 2.24. The molecule has 0 fully saturated rings. The van der Waals surface area contributed by atoms with E-state index in [1.807, 2.05) is 32.2 Å².